The summed E-state index contributed by atoms with van der Waals surface area (Å²) in [7, 11) is 0. The second-order valence-corrected chi connectivity index (χ2v) is 4.68. The lowest BCUT2D eigenvalue weighted by molar-refractivity contribution is 0.0366. The Labute approximate surface area is 110 Å². The van der Waals surface area contributed by atoms with Crippen LogP contribution in [-0.2, 0) is 11.3 Å². The maximum Gasteiger partial charge on any atom is 0.201 e. The van der Waals surface area contributed by atoms with Crippen LogP contribution in [0.5, 0.6) is 0 Å². The minimum absolute atomic E-state index is 0.325. The fraction of sp³-hybridized carbons (Fsp3) is 0.462. The Kier molecular flexibility index (Phi) is 3.35. The lowest BCUT2D eigenvalue weighted by Crippen LogP contribution is -2.38. The minimum Gasteiger partial charge on any atom is -0.379 e. The van der Waals surface area contributed by atoms with E-state index in [1.807, 2.05) is 10.6 Å². The summed E-state index contributed by atoms with van der Waals surface area (Å²) in [6, 6.07) is 4.94. The molecule has 1 aromatic carbocycles. The first-order valence-electron chi connectivity index (χ1n) is 6.46. The van der Waals surface area contributed by atoms with Crippen LogP contribution < -0.4 is 5.73 Å². The van der Waals surface area contributed by atoms with Crippen molar-refractivity contribution in [1.29, 1.82) is 0 Å². The van der Waals surface area contributed by atoms with Crippen molar-refractivity contribution in [2.24, 2.45) is 0 Å². The molecule has 5 nitrogen and oxygen atoms in total. The van der Waals surface area contributed by atoms with Gasteiger partial charge in [-0.15, -0.1) is 0 Å². The number of morpholine rings is 1. The number of fused-ring (bicyclic) bond motifs is 1. The number of hydrogen-bond donors (Lipinski definition) is 1. The molecule has 2 N–H and O–H groups in total. The first-order valence-corrected chi connectivity index (χ1v) is 6.46. The van der Waals surface area contributed by atoms with Gasteiger partial charge in [-0.25, -0.2) is 9.37 Å². The van der Waals surface area contributed by atoms with Gasteiger partial charge >= 0.3 is 0 Å². The molecule has 0 aliphatic carbocycles. The van der Waals surface area contributed by atoms with Crippen LogP contribution in [0.25, 0.3) is 11.0 Å². The lowest BCUT2D eigenvalue weighted by Gasteiger charge is -2.26. The van der Waals surface area contributed by atoms with Crippen molar-refractivity contribution >= 4 is 17.0 Å². The van der Waals surface area contributed by atoms with E-state index in [4.69, 9.17) is 10.5 Å². The van der Waals surface area contributed by atoms with Gasteiger partial charge in [0, 0.05) is 26.2 Å². The number of anilines is 1. The smallest absolute Gasteiger partial charge is 0.201 e. The standard InChI is InChI=1S/C13H17FN4O/c14-10-2-1-3-11-12(10)16-13(15)18(11)5-4-17-6-8-19-9-7-17/h1-3H,4-9H2,(H2,15,16). The highest BCUT2D eigenvalue weighted by atomic mass is 19.1. The lowest BCUT2D eigenvalue weighted by atomic mass is 10.3. The summed E-state index contributed by atoms with van der Waals surface area (Å²) >= 11 is 0. The number of benzene rings is 1. The van der Waals surface area contributed by atoms with E-state index in [2.05, 4.69) is 9.88 Å². The molecule has 0 amide bonds. The molecule has 0 saturated carbocycles. The van der Waals surface area contributed by atoms with Crippen molar-refractivity contribution in [1.82, 2.24) is 14.5 Å². The largest absolute Gasteiger partial charge is 0.379 e. The third-order valence-electron chi connectivity index (χ3n) is 3.50. The molecule has 0 bridgehead atoms. The Balaban J connectivity index is 1.80. The number of ether oxygens (including phenoxy) is 1. The van der Waals surface area contributed by atoms with Crippen LogP contribution in [0.4, 0.5) is 10.3 Å². The van der Waals surface area contributed by atoms with E-state index in [-0.39, 0.29) is 5.82 Å². The van der Waals surface area contributed by atoms with Gasteiger partial charge in [-0.3, -0.25) is 4.90 Å². The van der Waals surface area contributed by atoms with E-state index in [9.17, 15) is 4.39 Å². The zero-order chi connectivity index (χ0) is 13.2. The van der Waals surface area contributed by atoms with E-state index in [0.29, 0.717) is 18.0 Å². The van der Waals surface area contributed by atoms with E-state index in [0.717, 1.165) is 38.4 Å². The number of nitrogens with two attached hydrogens (primary N) is 1. The average Bonchev–Trinajstić information content (AvgIpc) is 2.75. The molecule has 1 aliphatic rings. The second kappa shape index (κ2) is 5.14. The van der Waals surface area contributed by atoms with Gasteiger partial charge in [0.15, 0.2) is 5.82 Å². The molecule has 2 aromatic rings. The predicted molar refractivity (Wildman–Crippen MR) is 71.4 cm³/mol. The van der Waals surface area contributed by atoms with Crippen molar-refractivity contribution < 1.29 is 9.13 Å². The van der Waals surface area contributed by atoms with Gasteiger partial charge in [0.1, 0.15) is 5.52 Å². The summed E-state index contributed by atoms with van der Waals surface area (Å²) in [5.41, 5.74) is 6.98. The van der Waals surface area contributed by atoms with Crippen LogP contribution in [0.1, 0.15) is 0 Å². The number of rotatable bonds is 3. The van der Waals surface area contributed by atoms with Gasteiger partial charge < -0.3 is 15.0 Å². The average molecular weight is 264 g/mol. The van der Waals surface area contributed by atoms with Crippen LogP contribution in [0.3, 0.4) is 0 Å². The first kappa shape index (κ1) is 12.4. The quantitative estimate of drug-likeness (QED) is 0.901. The summed E-state index contributed by atoms with van der Waals surface area (Å²) in [5, 5.41) is 0. The van der Waals surface area contributed by atoms with Crippen molar-refractivity contribution in [2.75, 3.05) is 38.6 Å². The van der Waals surface area contributed by atoms with Crippen molar-refractivity contribution in [2.45, 2.75) is 6.54 Å². The van der Waals surface area contributed by atoms with Gasteiger partial charge in [0.25, 0.3) is 0 Å². The first-order chi connectivity index (χ1) is 9.25. The molecule has 1 aromatic heterocycles. The number of imidazole rings is 1. The SMILES string of the molecule is Nc1nc2c(F)cccc2n1CCN1CCOCC1. The van der Waals surface area contributed by atoms with Gasteiger partial charge in [0.2, 0.25) is 5.95 Å². The van der Waals surface area contributed by atoms with E-state index < -0.39 is 0 Å². The minimum atomic E-state index is -0.325. The molecular formula is C13H17FN4O. The molecule has 1 saturated heterocycles. The Hall–Kier alpha value is -1.66. The Morgan fingerprint density at radius 1 is 1.26 bits per heavy atom. The summed E-state index contributed by atoms with van der Waals surface area (Å²) in [6.07, 6.45) is 0. The fourth-order valence-corrected chi connectivity index (χ4v) is 2.43. The van der Waals surface area contributed by atoms with Crippen LogP contribution in [0.15, 0.2) is 18.2 Å². The molecule has 0 atom stereocenters. The molecule has 19 heavy (non-hydrogen) atoms. The number of aromatic nitrogens is 2. The summed E-state index contributed by atoms with van der Waals surface area (Å²) in [5.74, 6) is 0.0441. The zero-order valence-corrected chi connectivity index (χ0v) is 10.7. The summed E-state index contributed by atoms with van der Waals surface area (Å²) in [4.78, 5) is 6.41. The third kappa shape index (κ3) is 2.41. The van der Waals surface area contributed by atoms with Gasteiger partial charge in [-0.2, -0.15) is 0 Å². The summed E-state index contributed by atoms with van der Waals surface area (Å²) < 4.78 is 20.8. The van der Waals surface area contributed by atoms with Gasteiger partial charge in [-0.1, -0.05) is 6.07 Å². The zero-order valence-electron chi connectivity index (χ0n) is 10.7. The fourth-order valence-electron chi connectivity index (χ4n) is 2.43. The number of halogens is 1. The molecule has 102 valence electrons. The highest BCUT2D eigenvalue weighted by Crippen LogP contribution is 2.20. The monoisotopic (exact) mass is 264 g/mol. The number of nitrogen functional groups attached to an aromatic ring is 1. The number of hydrogen-bond acceptors (Lipinski definition) is 4. The van der Waals surface area contributed by atoms with Crippen LogP contribution in [0.2, 0.25) is 0 Å². The molecule has 2 heterocycles. The van der Waals surface area contributed by atoms with Crippen LogP contribution in [-0.4, -0.2) is 47.3 Å². The molecule has 1 fully saturated rings. The van der Waals surface area contributed by atoms with E-state index in [1.54, 1.807) is 6.07 Å². The molecule has 1 aliphatic heterocycles. The maximum atomic E-state index is 13.6. The molecule has 6 heteroatoms. The van der Waals surface area contributed by atoms with Crippen molar-refractivity contribution in [3.63, 3.8) is 0 Å². The maximum absolute atomic E-state index is 13.6. The number of nitrogens with zero attached hydrogens (tertiary/aromatic N) is 3. The van der Waals surface area contributed by atoms with Crippen LogP contribution >= 0.6 is 0 Å². The van der Waals surface area contributed by atoms with E-state index in [1.165, 1.54) is 6.07 Å². The van der Waals surface area contributed by atoms with E-state index >= 15 is 0 Å². The Morgan fingerprint density at radius 3 is 2.84 bits per heavy atom. The van der Waals surface area contributed by atoms with Gasteiger partial charge in [0.05, 0.1) is 18.7 Å². The molecule has 0 radical (unpaired) electrons. The molecule has 0 spiro atoms. The molecule has 3 rings (SSSR count). The highest BCUT2D eigenvalue weighted by Gasteiger charge is 2.14. The van der Waals surface area contributed by atoms with Crippen LogP contribution in [0, 0.1) is 5.82 Å². The number of para-hydroxylation sites is 1. The highest BCUT2D eigenvalue weighted by molar-refractivity contribution is 5.78. The van der Waals surface area contributed by atoms with Gasteiger partial charge in [-0.05, 0) is 12.1 Å². The Bertz CT molecular complexity index is 577. The predicted octanol–water partition coefficient (Wildman–Crippen LogP) is 1.09. The normalized spacial score (nSPS) is 17.1. The third-order valence-corrected chi connectivity index (χ3v) is 3.50. The second-order valence-electron chi connectivity index (χ2n) is 4.68. The Morgan fingerprint density at radius 2 is 2.05 bits per heavy atom. The molecule has 0 unspecified atom stereocenters. The summed E-state index contributed by atoms with van der Waals surface area (Å²) in [6.45, 7) is 4.99. The molecular weight excluding hydrogens is 247 g/mol. The van der Waals surface area contributed by atoms with Crippen molar-refractivity contribution in [3.05, 3.63) is 24.0 Å². The van der Waals surface area contributed by atoms with Crippen molar-refractivity contribution in [3.8, 4) is 0 Å². The topological polar surface area (TPSA) is 56.3 Å².